The highest BCUT2D eigenvalue weighted by Gasteiger charge is 2.21. The monoisotopic (exact) mass is 273 g/mol. The van der Waals surface area contributed by atoms with Gasteiger partial charge in [-0.1, -0.05) is 26.0 Å². The summed E-state index contributed by atoms with van der Waals surface area (Å²) in [4.78, 5) is 11.5. The molecule has 1 aromatic rings. The van der Waals surface area contributed by atoms with Crippen LogP contribution in [0.3, 0.4) is 0 Å². The number of carbonyl (C=O) groups is 1. The molecule has 20 heavy (non-hydrogen) atoms. The Bertz CT molecular complexity index is 530. The molecular formula is C17H23NO2. The first-order valence-electron chi connectivity index (χ1n) is 7.16. The number of benzene rings is 1. The molecule has 3 heteroatoms. The molecule has 0 unspecified atom stereocenters. The minimum absolute atomic E-state index is 0.0390. The van der Waals surface area contributed by atoms with Crippen molar-refractivity contribution in [1.29, 1.82) is 0 Å². The van der Waals surface area contributed by atoms with Gasteiger partial charge in [0.1, 0.15) is 11.4 Å². The first-order chi connectivity index (χ1) is 9.37. The van der Waals surface area contributed by atoms with Gasteiger partial charge >= 0.3 is 0 Å². The molecule has 0 aliphatic carbocycles. The quantitative estimate of drug-likeness (QED) is 0.915. The highest BCUT2D eigenvalue weighted by Crippen LogP contribution is 2.31. The van der Waals surface area contributed by atoms with E-state index in [1.165, 1.54) is 5.56 Å². The molecule has 0 fully saturated rings. The zero-order chi connectivity index (χ0) is 14.8. The predicted octanol–water partition coefficient (Wildman–Crippen LogP) is 3.19. The van der Waals surface area contributed by atoms with E-state index < -0.39 is 0 Å². The van der Waals surface area contributed by atoms with E-state index in [9.17, 15) is 4.79 Å². The molecule has 0 radical (unpaired) electrons. The Kier molecular flexibility index (Phi) is 4.17. The number of rotatable bonds is 4. The Balaban J connectivity index is 1.97. The lowest BCUT2D eigenvalue weighted by Gasteiger charge is -2.28. The molecule has 1 heterocycles. The zero-order valence-electron chi connectivity index (χ0n) is 12.7. The van der Waals surface area contributed by atoms with E-state index >= 15 is 0 Å². The second-order valence-corrected chi connectivity index (χ2v) is 6.11. The van der Waals surface area contributed by atoms with Crippen LogP contribution in [-0.2, 0) is 11.2 Å². The Morgan fingerprint density at radius 2 is 2.10 bits per heavy atom. The van der Waals surface area contributed by atoms with Crippen molar-refractivity contribution in [3.63, 3.8) is 0 Å². The van der Waals surface area contributed by atoms with Crippen molar-refractivity contribution in [2.24, 2.45) is 5.92 Å². The van der Waals surface area contributed by atoms with E-state index in [0.29, 0.717) is 6.54 Å². The number of carbonyl (C=O) groups excluding carboxylic acids is 1. The summed E-state index contributed by atoms with van der Waals surface area (Å²) in [5, 5.41) is 2.94. The number of amides is 1. The van der Waals surface area contributed by atoms with Gasteiger partial charge in [-0.15, -0.1) is 0 Å². The summed E-state index contributed by atoms with van der Waals surface area (Å²) in [5.74, 6) is 1.07. The van der Waals surface area contributed by atoms with Crippen molar-refractivity contribution in [2.45, 2.75) is 39.7 Å². The molecule has 3 nitrogen and oxygen atoms in total. The summed E-state index contributed by atoms with van der Waals surface area (Å²) in [6.07, 6.45) is 5.01. The average Bonchev–Trinajstić information content (AvgIpc) is 2.38. The van der Waals surface area contributed by atoms with Crippen molar-refractivity contribution in [1.82, 2.24) is 5.32 Å². The molecule has 0 aromatic heterocycles. The fourth-order valence-corrected chi connectivity index (χ4v) is 2.12. The molecule has 2 rings (SSSR count). The fraction of sp³-hybridized carbons (Fsp3) is 0.471. The Hall–Kier alpha value is -1.77. The van der Waals surface area contributed by atoms with Crippen LogP contribution in [0.15, 0.2) is 24.3 Å². The van der Waals surface area contributed by atoms with Gasteiger partial charge in [-0.3, -0.25) is 4.79 Å². The van der Waals surface area contributed by atoms with Crippen LogP contribution in [-0.4, -0.2) is 18.1 Å². The second kappa shape index (κ2) is 5.70. The van der Waals surface area contributed by atoms with Crippen molar-refractivity contribution < 1.29 is 9.53 Å². The zero-order valence-corrected chi connectivity index (χ0v) is 12.7. The molecule has 1 aliphatic heterocycles. The van der Waals surface area contributed by atoms with E-state index in [-0.39, 0.29) is 17.4 Å². The Labute approximate surface area is 121 Å². The van der Waals surface area contributed by atoms with E-state index in [1.54, 1.807) is 0 Å². The van der Waals surface area contributed by atoms with Gasteiger partial charge in [0.25, 0.3) is 0 Å². The normalized spacial score (nSPS) is 15.7. The standard InChI is InChI=1S/C17H23NO2/c1-12(2)16(19)18-10-8-13-5-6-15-14(11-13)7-9-17(3,4)20-15/h5-7,9,11-12H,8,10H2,1-4H3,(H,18,19). The number of hydrogen-bond acceptors (Lipinski definition) is 2. The summed E-state index contributed by atoms with van der Waals surface area (Å²) < 4.78 is 5.89. The van der Waals surface area contributed by atoms with Crippen molar-refractivity contribution in [3.8, 4) is 5.75 Å². The van der Waals surface area contributed by atoms with Crippen LogP contribution in [0, 0.1) is 5.92 Å². The maximum Gasteiger partial charge on any atom is 0.222 e. The lowest BCUT2D eigenvalue weighted by Crippen LogP contribution is -2.29. The van der Waals surface area contributed by atoms with Gasteiger partial charge in [0.15, 0.2) is 0 Å². The van der Waals surface area contributed by atoms with Crippen molar-refractivity contribution >= 4 is 12.0 Å². The van der Waals surface area contributed by atoms with E-state index in [1.807, 2.05) is 33.8 Å². The van der Waals surface area contributed by atoms with Crippen LogP contribution >= 0.6 is 0 Å². The lowest BCUT2D eigenvalue weighted by molar-refractivity contribution is -0.123. The molecule has 1 aliphatic rings. The summed E-state index contributed by atoms with van der Waals surface area (Å²) in [7, 11) is 0. The third kappa shape index (κ3) is 3.62. The minimum Gasteiger partial charge on any atom is -0.483 e. The maximum atomic E-state index is 11.5. The number of hydrogen-bond donors (Lipinski definition) is 1. The topological polar surface area (TPSA) is 38.3 Å². The summed E-state index contributed by atoms with van der Waals surface area (Å²) in [5.41, 5.74) is 2.08. The molecule has 1 amide bonds. The maximum absolute atomic E-state index is 11.5. The average molecular weight is 273 g/mol. The summed E-state index contributed by atoms with van der Waals surface area (Å²) >= 11 is 0. The van der Waals surface area contributed by atoms with Crippen LogP contribution in [0.4, 0.5) is 0 Å². The van der Waals surface area contributed by atoms with Gasteiger partial charge in [0, 0.05) is 18.0 Å². The fourth-order valence-electron chi connectivity index (χ4n) is 2.12. The molecule has 0 saturated carbocycles. The Morgan fingerprint density at radius 1 is 1.35 bits per heavy atom. The van der Waals surface area contributed by atoms with Gasteiger partial charge in [-0.25, -0.2) is 0 Å². The van der Waals surface area contributed by atoms with Crippen LogP contribution in [0.2, 0.25) is 0 Å². The highest BCUT2D eigenvalue weighted by molar-refractivity contribution is 5.77. The minimum atomic E-state index is -0.236. The number of ether oxygens (including phenoxy) is 1. The van der Waals surface area contributed by atoms with Gasteiger partial charge in [-0.05, 0) is 44.0 Å². The first-order valence-corrected chi connectivity index (χ1v) is 7.16. The van der Waals surface area contributed by atoms with Crippen molar-refractivity contribution in [3.05, 3.63) is 35.4 Å². The van der Waals surface area contributed by atoms with Crippen LogP contribution in [0.25, 0.3) is 6.08 Å². The molecule has 1 N–H and O–H groups in total. The predicted molar refractivity (Wildman–Crippen MR) is 81.7 cm³/mol. The SMILES string of the molecule is CC(C)C(=O)NCCc1ccc2c(c1)C=CC(C)(C)O2. The van der Waals surface area contributed by atoms with Crippen molar-refractivity contribution in [2.75, 3.05) is 6.54 Å². The van der Waals surface area contributed by atoms with Crippen LogP contribution in [0.1, 0.15) is 38.8 Å². The first kappa shape index (κ1) is 14.6. The molecule has 0 spiro atoms. The van der Waals surface area contributed by atoms with E-state index in [2.05, 4.69) is 29.6 Å². The van der Waals surface area contributed by atoms with Gasteiger partial charge in [0.2, 0.25) is 5.91 Å². The van der Waals surface area contributed by atoms with Gasteiger partial charge < -0.3 is 10.1 Å². The number of fused-ring (bicyclic) bond motifs is 1. The molecular weight excluding hydrogens is 250 g/mol. The molecule has 1 aromatic carbocycles. The molecule has 0 atom stereocenters. The highest BCUT2D eigenvalue weighted by atomic mass is 16.5. The summed E-state index contributed by atoms with van der Waals surface area (Å²) in [6, 6.07) is 6.21. The van der Waals surface area contributed by atoms with Gasteiger partial charge in [-0.2, -0.15) is 0 Å². The Morgan fingerprint density at radius 3 is 2.80 bits per heavy atom. The van der Waals surface area contributed by atoms with Gasteiger partial charge in [0.05, 0.1) is 0 Å². The smallest absolute Gasteiger partial charge is 0.222 e. The molecule has 0 saturated heterocycles. The second-order valence-electron chi connectivity index (χ2n) is 6.11. The lowest BCUT2D eigenvalue weighted by atomic mass is 10.00. The third-order valence-electron chi connectivity index (χ3n) is 3.35. The molecule has 108 valence electrons. The van der Waals surface area contributed by atoms with Crippen LogP contribution in [0.5, 0.6) is 5.75 Å². The number of nitrogens with one attached hydrogen (secondary N) is 1. The summed E-state index contributed by atoms with van der Waals surface area (Å²) in [6.45, 7) is 8.56. The van der Waals surface area contributed by atoms with E-state index in [4.69, 9.17) is 4.74 Å². The molecule has 0 bridgehead atoms. The van der Waals surface area contributed by atoms with E-state index in [0.717, 1.165) is 17.7 Å². The van der Waals surface area contributed by atoms with Crippen LogP contribution < -0.4 is 10.1 Å². The third-order valence-corrected chi connectivity index (χ3v) is 3.35. The largest absolute Gasteiger partial charge is 0.483 e.